The van der Waals surface area contributed by atoms with E-state index < -0.39 is 6.67 Å². The van der Waals surface area contributed by atoms with Crippen molar-refractivity contribution in [3.05, 3.63) is 41.7 Å². The van der Waals surface area contributed by atoms with Crippen molar-refractivity contribution < 1.29 is 9.50 Å². The van der Waals surface area contributed by atoms with E-state index in [4.69, 9.17) is 0 Å². The molecule has 0 aliphatic rings. The van der Waals surface area contributed by atoms with E-state index >= 15 is 0 Å². The predicted octanol–water partition coefficient (Wildman–Crippen LogP) is 2.48. The van der Waals surface area contributed by atoms with Crippen LogP contribution in [0.15, 0.2) is 30.5 Å². The number of rotatable bonds is 5. The second-order valence-corrected chi connectivity index (χ2v) is 4.06. The molecule has 0 saturated heterocycles. The van der Waals surface area contributed by atoms with Gasteiger partial charge in [-0.25, -0.2) is 4.39 Å². The minimum absolute atomic E-state index is 0.263. The van der Waals surface area contributed by atoms with Crippen LogP contribution < -0.4 is 5.32 Å². The first-order chi connectivity index (χ1) is 8.70. The summed E-state index contributed by atoms with van der Waals surface area (Å²) in [5.41, 5.74) is 2.49. The number of hydrogen-bond acceptors (Lipinski definition) is 3. The van der Waals surface area contributed by atoms with Crippen LogP contribution in [0.4, 0.5) is 10.1 Å². The molecule has 5 heteroatoms. The van der Waals surface area contributed by atoms with Crippen LogP contribution in [0.3, 0.4) is 0 Å². The van der Waals surface area contributed by atoms with Crippen molar-refractivity contribution in [1.82, 2.24) is 9.78 Å². The summed E-state index contributed by atoms with van der Waals surface area (Å²) in [5, 5.41) is 17.0. The highest BCUT2D eigenvalue weighted by atomic mass is 19.1. The molecule has 1 heterocycles. The second kappa shape index (κ2) is 5.53. The molecule has 96 valence electrons. The summed E-state index contributed by atoms with van der Waals surface area (Å²) in [6.07, 6.45) is 1.77. The van der Waals surface area contributed by atoms with Gasteiger partial charge in [-0.1, -0.05) is 18.2 Å². The number of halogens is 1. The summed E-state index contributed by atoms with van der Waals surface area (Å²) in [7, 11) is 0. The van der Waals surface area contributed by atoms with Crippen LogP contribution in [-0.4, -0.2) is 21.6 Å². The number of aromatic hydroxyl groups is 1. The molecule has 0 atom stereocenters. The number of phenols is 1. The van der Waals surface area contributed by atoms with Crippen molar-refractivity contribution >= 4 is 5.69 Å². The van der Waals surface area contributed by atoms with Gasteiger partial charge in [-0.2, -0.15) is 5.10 Å². The third kappa shape index (κ3) is 2.80. The van der Waals surface area contributed by atoms with Crippen molar-refractivity contribution in [2.75, 3.05) is 12.0 Å². The van der Waals surface area contributed by atoms with Gasteiger partial charge in [0.15, 0.2) is 0 Å². The molecular formula is C13H16FN3O. The number of aromatic nitrogens is 2. The average Bonchev–Trinajstić information content (AvgIpc) is 2.69. The van der Waals surface area contributed by atoms with Gasteiger partial charge in [-0.05, 0) is 13.0 Å². The van der Waals surface area contributed by atoms with Crippen LogP contribution in [0.25, 0.3) is 0 Å². The Morgan fingerprint density at radius 1 is 1.39 bits per heavy atom. The van der Waals surface area contributed by atoms with Gasteiger partial charge in [0.25, 0.3) is 0 Å². The Kier molecular flexibility index (Phi) is 3.82. The minimum Gasteiger partial charge on any atom is -0.508 e. The molecule has 0 amide bonds. The molecule has 0 radical (unpaired) electrons. The lowest BCUT2D eigenvalue weighted by Crippen LogP contribution is -2.00. The van der Waals surface area contributed by atoms with Crippen LogP contribution >= 0.6 is 0 Å². The molecule has 0 bridgehead atoms. The van der Waals surface area contributed by atoms with Gasteiger partial charge in [0, 0.05) is 18.3 Å². The zero-order chi connectivity index (χ0) is 13.0. The molecule has 0 fully saturated rings. The Hall–Kier alpha value is -2.04. The predicted molar refractivity (Wildman–Crippen MR) is 68.4 cm³/mol. The van der Waals surface area contributed by atoms with Crippen LogP contribution in [0.1, 0.15) is 11.3 Å². The Morgan fingerprint density at radius 2 is 2.17 bits per heavy atom. The first kappa shape index (κ1) is 12.4. The van der Waals surface area contributed by atoms with Gasteiger partial charge in [0.05, 0.1) is 17.9 Å². The Morgan fingerprint density at radius 3 is 2.89 bits per heavy atom. The van der Waals surface area contributed by atoms with E-state index in [9.17, 15) is 9.50 Å². The molecule has 0 aliphatic carbocycles. The summed E-state index contributed by atoms with van der Waals surface area (Å²) >= 11 is 0. The molecule has 2 N–H and O–H groups in total. The topological polar surface area (TPSA) is 50.1 Å². The van der Waals surface area contributed by atoms with Crippen molar-refractivity contribution in [3.8, 4) is 5.75 Å². The summed E-state index contributed by atoms with van der Waals surface area (Å²) in [6, 6.07) is 7.15. The van der Waals surface area contributed by atoms with E-state index in [1.54, 1.807) is 23.0 Å². The number of para-hydroxylation sites is 1. The van der Waals surface area contributed by atoms with E-state index in [1.165, 1.54) is 0 Å². The molecule has 18 heavy (non-hydrogen) atoms. The standard InChI is InChI=1S/C13H16FN3O/c1-10-12(9-17(16-10)7-6-14)15-8-11-4-2-3-5-13(11)18/h2-5,9,15,18H,6-8H2,1H3. The average molecular weight is 249 g/mol. The lowest BCUT2D eigenvalue weighted by atomic mass is 10.2. The van der Waals surface area contributed by atoms with Crippen LogP contribution in [0, 0.1) is 6.92 Å². The number of aryl methyl sites for hydroxylation is 2. The lowest BCUT2D eigenvalue weighted by Gasteiger charge is -2.06. The second-order valence-electron chi connectivity index (χ2n) is 4.06. The van der Waals surface area contributed by atoms with Gasteiger partial charge in [-0.15, -0.1) is 0 Å². The summed E-state index contributed by atoms with van der Waals surface area (Å²) in [6.45, 7) is 2.20. The normalized spacial score (nSPS) is 10.6. The maximum Gasteiger partial charge on any atom is 0.120 e. The van der Waals surface area contributed by atoms with Gasteiger partial charge < -0.3 is 10.4 Å². The minimum atomic E-state index is -0.431. The van der Waals surface area contributed by atoms with E-state index in [2.05, 4.69) is 10.4 Å². The van der Waals surface area contributed by atoms with Crippen LogP contribution in [0.5, 0.6) is 5.75 Å². The van der Waals surface area contributed by atoms with Crippen molar-refractivity contribution in [3.63, 3.8) is 0 Å². The third-order valence-corrected chi connectivity index (χ3v) is 2.72. The molecule has 0 spiro atoms. The smallest absolute Gasteiger partial charge is 0.120 e. The molecule has 0 saturated carbocycles. The molecule has 0 aliphatic heterocycles. The highest BCUT2D eigenvalue weighted by Gasteiger charge is 2.05. The summed E-state index contributed by atoms with van der Waals surface area (Å²) in [4.78, 5) is 0. The van der Waals surface area contributed by atoms with Crippen molar-refractivity contribution in [2.45, 2.75) is 20.0 Å². The zero-order valence-corrected chi connectivity index (χ0v) is 10.2. The molecule has 2 aromatic rings. The number of nitrogens with zero attached hydrogens (tertiary/aromatic N) is 2. The Balaban J connectivity index is 2.04. The Bertz CT molecular complexity index is 525. The highest BCUT2D eigenvalue weighted by molar-refractivity contribution is 5.47. The SMILES string of the molecule is Cc1nn(CCF)cc1NCc1ccccc1O. The number of nitrogens with one attached hydrogen (secondary N) is 1. The van der Waals surface area contributed by atoms with Gasteiger partial charge >= 0.3 is 0 Å². The first-order valence-corrected chi connectivity index (χ1v) is 5.81. The largest absolute Gasteiger partial charge is 0.508 e. The van der Waals surface area contributed by atoms with Crippen molar-refractivity contribution in [1.29, 1.82) is 0 Å². The molecular weight excluding hydrogens is 233 g/mol. The van der Waals surface area contributed by atoms with E-state index in [0.29, 0.717) is 6.54 Å². The van der Waals surface area contributed by atoms with Crippen LogP contribution in [-0.2, 0) is 13.1 Å². The van der Waals surface area contributed by atoms with E-state index in [1.807, 2.05) is 19.1 Å². The van der Waals surface area contributed by atoms with Gasteiger partial charge in [0.1, 0.15) is 12.4 Å². The van der Waals surface area contributed by atoms with Crippen LogP contribution in [0.2, 0.25) is 0 Å². The molecule has 1 aromatic heterocycles. The maximum atomic E-state index is 12.2. The summed E-state index contributed by atoms with van der Waals surface area (Å²) in [5.74, 6) is 0.263. The quantitative estimate of drug-likeness (QED) is 0.856. The first-order valence-electron chi connectivity index (χ1n) is 5.81. The number of alkyl halides is 1. The lowest BCUT2D eigenvalue weighted by molar-refractivity contribution is 0.426. The van der Waals surface area contributed by atoms with Gasteiger partial charge in [-0.3, -0.25) is 4.68 Å². The molecule has 2 rings (SSSR count). The zero-order valence-electron chi connectivity index (χ0n) is 10.2. The fourth-order valence-electron chi connectivity index (χ4n) is 1.74. The van der Waals surface area contributed by atoms with Gasteiger partial charge in [0.2, 0.25) is 0 Å². The number of benzene rings is 1. The fourth-order valence-corrected chi connectivity index (χ4v) is 1.74. The third-order valence-electron chi connectivity index (χ3n) is 2.72. The van der Waals surface area contributed by atoms with Crippen molar-refractivity contribution in [2.24, 2.45) is 0 Å². The fraction of sp³-hybridized carbons (Fsp3) is 0.308. The number of anilines is 1. The monoisotopic (exact) mass is 249 g/mol. The number of hydrogen-bond donors (Lipinski definition) is 2. The van der Waals surface area contributed by atoms with E-state index in [-0.39, 0.29) is 12.3 Å². The molecule has 4 nitrogen and oxygen atoms in total. The summed E-state index contributed by atoms with van der Waals surface area (Å²) < 4.78 is 13.8. The number of phenolic OH excluding ortho intramolecular Hbond substituents is 1. The molecule has 0 unspecified atom stereocenters. The highest BCUT2D eigenvalue weighted by Crippen LogP contribution is 2.19. The van der Waals surface area contributed by atoms with E-state index in [0.717, 1.165) is 16.9 Å². The maximum absolute atomic E-state index is 12.2. The Labute approximate surface area is 105 Å². The molecule has 1 aromatic carbocycles.